The summed E-state index contributed by atoms with van der Waals surface area (Å²) < 4.78 is 16.1. The van der Waals surface area contributed by atoms with E-state index in [9.17, 15) is 5.11 Å². The highest BCUT2D eigenvalue weighted by Crippen LogP contribution is 2.28. The van der Waals surface area contributed by atoms with Crippen molar-refractivity contribution in [1.29, 1.82) is 0 Å². The molecule has 1 aromatic heterocycles. The fourth-order valence-electron chi connectivity index (χ4n) is 2.49. The van der Waals surface area contributed by atoms with Crippen LogP contribution in [0.1, 0.15) is 25.2 Å². The van der Waals surface area contributed by atoms with Crippen LogP contribution < -0.4 is 20.1 Å². The normalized spacial score (nSPS) is 12.9. The summed E-state index contributed by atoms with van der Waals surface area (Å²) in [5.74, 6) is 4.70. The van der Waals surface area contributed by atoms with Crippen molar-refractivity contribution in [2.75, 3.05) is 26.8 Å². The van der Waals surface area contributed by atoms with E-state index < -0.39 is 5.60 Å². The number of guanidine groups is 1. The molecule has 29 heavy (non-hydrogen) atoms. The van der Waals surface area contributed by atoms with Crippen molar-refractivity contribution in [2.45, 2.75) is 26.0 Å². The van der Waals surface area contributed by atoms with Gasteiger partial charge in [0.25, 0.3) is 0 Å². The minimum Gasteiger partial charge on any atom is -0.493 e. The standard InChI is InChI=1S/C21H27N3O4.HI/c1-5-11-27-18-13-16(9-10-17(18)26-4)14-23-20(22-6-2)24-15-21(3,25)19-8-7-12-28-19;/h1,7-10,12-13,25H,6,11,14-15H2,2-4H3,(H2,22,23,24);1H. The van der Waals surface area contributed by atoms with Crippen LogP contribution in [0.4, 0.5) is 0 Å². The lowest BCUT2D eigenvalue weighted by Crippen LogP contribution is -2.44. The second-order valence-corrected chi connectivity index (χ2v) is 6.28. The molecule has 0 aliphatic carbocycles. The SMILES string of the molecule is C#CCOc1cc(CN=C(NCC)NCC(C)(O)c2ccco2)ccc1OC.I. The molecular formula is C21H28IN3O4. The molecule has 3 N–H and O–H groups in total. The number of ether oxygens (including phenoxy) is 2. The van der Waals surface area contributed by atoms with Crippen LogP contribution in [0.2, 0.25) is 0 Å². The molecule has 158 valence electrons. The molecule has 0 amide bonds. The third kappa shape index (κ3) is 7.51. The van der Waals surface area contributed by atoms with Gasteiger partial charge in [-0.05, 0) is 43.7 Å². The molecule has 1 atom stereocenters. The molecule has 0 aliphatic rings. The van der Waals surface area contributed by atoms with Gasteiger partial charge in [0.1, 0.15) is 18.0 Å². The van der Waals surface area contributed by atoms with E-state index in [0.717, 1.165) is 5.56 Å². The van der Waals surface area contributed by atoms with E-state index in [1.807, 2.05) is 25.1 Å². The van der Waals surface area contributed by atoms with Crippen LogP contribution in [0.3, 0.4) is 0 Å². The number of hydrogen-bond acceptors (Lipinski definition) is 5. The van der Waals surface area contributed by atoms with Gasteiger partial charge in [0.2, 0.25) is 0 Å². The summed E-state index contributed by atoms with van der Waals surface area (Å²) in [4.78, 5) is 4.56. The molecule has 8 heteroatoms. The summed E-state index contributed by atoms with van der Waals surface area (Å²) >= 11 is 0. The summed E-state index contributed by atoms with van der Waals surface area (Å²) in [5, 5.41) is 16.9. The van der Waals surface area contributed by atoms with Gasteiger partial charge >= 0.3 is 0 Å². The Bertz CT molecular complexity index is 814. The Hall–Kier alpha value is -2.38. The summed E-state index contributed by atoms with van der Waals surface area (Å²) in [6.45, 7) is 5.16. The van der Waals surface area contributed by atoms with Crippen LogP contribution in [0, 0.1) is 12.3 Å². The third-order valence-electron chi connectivity index (χ3n) is 3.96. The Kier molecular flexibility index (Phi) is 10.4. The Morgan fingerprint density at radius 3 is 2.72 bits per heavy atom. The van der Waals surface area contributed by atoms with Gasteiger partial charge in [-0.25, -0.2) is 4.99 Å². The highest BCUT2D eigenvalue weighted by molar-refractivity contribution is 14.0. The van der Waals surface area contributed by atoms with Crippen molar-refractivity contribution in [3.8, 4) is 23.8 Å². The van der Waals surface area contributed by atoms with Gasteiger partial charge in [0.05, 0.1) is 26.5 Å². The third-order valence-corrected chi connectivity index (χ3v) is 3.96. The van der Waals surface area contributed by atoms with E-state index in [0.29, 0.717) is 36.3 Å². The van der Waals surface area contributed by atoms with Crippen LogP contribution in [0.15, 0.2) is 46.0 Å². The molecule has 0 spiro atoms. The zero-order valence-corrected chi connectivity index (χ0v) is 19.2. The van der Waals surface area contributed by atoms with Gasteiger partial charge in [-0.3, -0.25) is 0 Å². The number of furan rings is 1. The van der Waals surface area contributed by atoms with Crippen LogP contribution in [0.25, 0.3) is 0 Å². The number of terminal acetylenes is 1. The van der Waals surface area contributed by atoms with Crippen LogP contribution >= 0.6 is 24.0 Å². The van der Waals surface area contributed by atoms with Gasteiger partial charge in [0, 0.05) is 6.54 Å². The molecule has 0 saturated carbocycles. The molecule has 0 radical (unpaired) electrons. The van der Waals surface area contributed by atoms with Gasteiger partial charge in [0.15, 0.2) is 17.5 Å². The van der Waals surface area contributed by atoms with Gasteiger partial charge in [-0.2, -0.15) is 0 Å². The Morgan fingerprint density at radius 1 is 1.31 bits per heavy atom. The highest BCUT2D eigenvalue weighted by atomic mass is 127. The molecular weight excluding hydrogens is 485 g/mol. The lowest BCUT2D eigenvalue weighted by molar-refractivity contribution is 0.0386. The molecule has 0 saturated heterocycles. The van der Waals surface area contributed by atoms with Gasteiger partial charge < -0.3 is 29.6 Å². The van der Waals surface area contributed by atoms with Crippen molar-refractivity contribution in [2.24, 2.45) is 4.99 Å². The Labute approximate surface area is 188 Å². The molecule has 1 unspecified atom stereocenters. The predicted molar refractivity (Wildman–Crippen MR) is 124 cm³/mol. The number of halogens is 1. The number of rotatable bonds is 9. The molecule has 2 rings (SSSR count). The number of benzene rings is 1. The molecule has 0 fully saturated rings. The molecule has 2 aromatic rings. The Balaban J connectivity index is 0.00000420. The fourth-order valence-corrected chi connectivity index (χ4v) is 2.49. The maximum absolute atomic E-state index is 10.6. The van der Waals surface area contributed by atoms with Crippen molar-refractivity contribution in [3.63, 3.8) is 0 Å². The minimum absolute atomic E-state index is 0. The van der Waals surface area contributed by atoms with E-state index in [1.54, 1.807) is 26.2 Å². The highest BCUT2D eigenvalue weighted by Gasteiger charge is 2.26. The summed E-state index contributed by atoms with van der Waals surface area (Å²) in [6.07, 6.45) is 6.79. The largest absolute Gasteiger partial charge is 0.493 e. The molecule has 1 heterocycles. The van der Waals surface area contributed by atoms with Crippen LogP contribution in [-0.2, 0) is 12.1 Å². The van der Waals surface area contributed by atoms with Crippen molar-refractivity contribution >= 4 is 29.9 Å². The van der Waals surface area contributed by atoms with Crippen LogP contribution in [0.5, 0.6) is 11.5 Å². The van der Waals surface area contributed by atoms with Crippen molar-refractivity contribution in [1.82, 2.24) is 10.6 Å². The first-order chi connectivity index (χ1) is 13.5. The van der Waals surface area contributed by atoms with Crippen molar-refractivity contribution < 1.29 is 19.0 Å². The smallest absolute Gasteiger partial charge is 0.191 e. The Morgan fingerprint density at radius 2 is 2.10 bits per heavy atom. The molecule has 7 nitrogen and oxygen atoms in total. The second-order valence-electron chi connectivity index (χ2n) is 6.28. The molecule has 1 aromatic carbocycles. The number of methoxy groups -OCH3 is 1. The topological polar surface area (TPSA) is 88.2 Å². The lowest BCUT2D eigenvalue weighted by Gasteiger charge is -2.22. The average Bonchev–Trinajstić information content (AvgIpc) is 3.24. The first kappa shape index (κ1) is 24.7. The predicted octanol–water partition coefficient (Wildman–Crippen LogP) is 2.88. The molecule has 0 aliphatic heterocycles. The lowest BCUT2D eigenvalue weighted by atomic mass is 10.0. The summed E-state index contributed by atoms with van der Waals surface area (Å²) in [5.41, 5.74) is -0.224. The number of nitrogens with one attached hydrogen (secondary N) is 2. The van der Waals surface area contributed by atoms with E-state index in [1.165, 1.54) is 6.26 Å². The number of hydrogen-bond donors (Lipinski definition) is 3. The maximum Gasteiger partial charge on any atom is 0.191 e. The van der Waals surface area contributed by atoms with E-state index >= 15 is 0 Å². The zero-order valence-electron chi connectivity index (χ0n) is 16.9. The second kappa shape index (κ2) is 12.2. The van der Waals surface area contributed by atoms with E-state index in [2.05, 4.69) is 21.5 Å². The minimum atomic E-state index is -1.16. The average molecular weight is 513 g/mol. The number of aliphatic imine (C=N–C) groups is 1. The van der Waals surface area contributed by atoms with Gasteiger partial charge in [-0.15, -0.1) is 30.4 Å². The first-order valence-electron chi connectivity index (χ1n) is 9.02. The fraction of sp³-hybridized carbons (Fsp3) is 0.381. The molecule has 0 bridgehead atoms. The monoisotopic (exact) mass is 513 g/mol. The first-order valence-corrected chi connectivity index (χ1v) is 9.02. The maximum atomic E-state index is 10.6. The van der Waals surface area contributed by atoms with Gasteiger partial charge in [-0.1, -0.05) is 12.0 Å². The summed E-state index contributed by atoms with van der Waals surface area (Å²) in [7, 11) is 1.58. The summed E-state index contributed by atoms with van der Waals surface area (Å²) in [6, 6.07) is 9.06. The van der Waals surface area contributed by atoms with Crippen LogP contribution in [-0.4, -0.2) is 37.9 Å². The number of nitrogens with zero attached hydrogens (tertiary/aromatic N) is 1. The van der Waals surface area contributed by atoms with E-state index in [-0.39, 0.29) is 37.1 Å². The van der Waals surface area contributed by atoms with E-state index in [4.69, 9.17) is 20.3 Å². The quantitative estimate of drug-likeness (QED) is 0.207. The van der Waals surface area contributed by atoms with Crippen molar-refractivity contribution in [3.05, 3.63) is 47.9 Å². The zero-order chi connectivity index (χ0) is 20.4. The number of aliphatic hydroxyl groups is 1.